The van der Waals surface area contributed by atoms with Crippen molar-refractivity contribution in [2.45, 2.75) is 6.42 Å². The second-order valence-electron chi connectivity index (χ2n) is 3.37. The van der Waals surface area contributed by atoms with Crippen molar-refractivity contribution >= 4 is 23.4 Å². The van der Waals surface area contributed by atoms with Crippen LogP contribution in [0.2, 0.25) is 0 Å². The summed E-state index contributed by atoms with van der Waals surface area (Å²) < 4.78 is 17.5. The molecule has 0 atom stereocenters. The number of anilines is 1. The first-order valence-electron chi connectivity index (χ1n) is 4.92. The molecule has 0 spiro atoms. The number of nitro groups is 1. The lowest BCUT2D eigenvalue weighted by Gasteiger charge is -2.02. The number of hydrogen-bond donors (Lipinski definition) is 1. The molecule has 1 rings (SSSR count). The molecule has 2 N–H and O–H groups in total. The van der Waals surface area contributed by atoms with Gasteiger partial charge >= 0.3 is 5.97 Å². The highest BCUT2D eigenvalue weighted by Gasteiger charge is 2.15. The summed E-state index contributed by atoms with van der Waals surface area (Å²) in [6, 6.07) is 1.79. The Hall–Kier alpha value is -2.44. The van der Waals surface area contributed by atoms with Crippen LogP contribution < -0.4 is 5.73 Å². The Bertz CT molecular complexity index is 514. The fourth-order valence-corrected chi connectivity index (χ4v) is 1.28. The molecule has 0 saturated heterocycles. The Labute approximate surface area is 102 Å². The van der Waals surface area contributed by atoms with Gasteiger partial charge in [0.05, 0.1) is 24.5 Å². The first kappa shape index (κ1) is 13.6. The summed E-state index contributed by atoms with van der Waals surface area (Å²) in [7, 11) is 1.23. The van der Waals surface area contributed by atoms with E-state index in [4.69, 9.17) is 5.73 Å². The maximum Gasteiger partial charge on any atom is 0.309 e. The Balaban J connectivity index is 3.02. The number of nitrogen functional groups attached to an aromatic ring is 1. The van der Waals surface area contributed by atoms with E-state index in [0.717, 1.165) is 12.1 Å². The molecule has 0 heterocycles. The topological polar surface area (TPSA) is 95.5 Å². The molecule has 0 unspecified atom stereocenters. The molecule has 0 bridgehead atoms. The minimum atomic E-state index is -0.770. The van der Waals surface area contributed by atoms with Gasteiger partial charge in [-0.25, -0.2) is 4.39 Å². The van der Waals surface area contributed by atoms with Gasteiger partial charge in [-0.15, -0.1) is 0 Å². The predicted octanol–water partition coefficient (Wildman–Crippen LogP) is 1.89. The van der Waals surface area contributed by atoms with Gasteiger partial charge in [-0.05, 0) is 6.07 Å². The summed E-state index contributed by atoms with van der Waals surface area (Å²) >= 11 is 0. The van der Waals surface area contributed by atoms with E-state index in [1.54, 1.807) is 0 Å². The average molecular weight is 254 g/mol. The molecular weight excluding hydrogens is 243 g/mol. The third-order valence-electron chi connectivity index (χ3n) is 2.16. The predicted molar refractivity (Wildman–Crippen MR) is 63.1 cm³/mol. The van der Waals surface area contributed by atoms with Crippen molar-refractivity contribution in [1.29, 1.82) is 0 Å². The summed E-state index contributed by atoms with van der Waals surface area (Å²) in [5.41, 5.74) is 5.01. The van der Waals surface area contributed by atoms with E-state index in [0.29, 0.717) is 0 Å². The fourth-order valence-electron chi connectivity index (χ4n) is 1.28. The van der Waals surface area contributed by atoms with Crippen molar-refractivity contribution in [3.63, 3.8) is 0 Å². The molecule has 1 aromatic rings. The van der Waals surface area contributed by atoms with E-state index in [1.807, 2.05) is 0 Å². The second-order valence-corrected chi connectivity index (χ2v) is 3.37. The largest absolute Gasteiger partial charge is 0.469 e. The number of esters is 1. The molecule has 0 radical (unpaired) electrons. The minimum absolute atomic E-state index is 0.0275. The molecule has 7 heteroatoms. The number of nitrogens with two attached hydrogens (primary N) is 1. The number of hydrogen-bond acceptors (Lipinski definition) is 5. The van der Waals surface area contributed by atoms with Crippen molar-refractivity contribution in [2.75, 3.05) is 12.8 Å². The molecule has 0 saturated carbocycles. The van der Waals surface area contributed by atoms with Crippen LogP contribution in [-0.2, 0) is 9.53 Å². The number of ether oxygens (including phenoxy) is 1. The number of carbonyl (C=O) groups excluding carboxylic acids is 1. The van der Waals surface area contributed by atoms with Gasteiger partial charge in [-0.3, -0.25) is 14.9 Å². The third-order valence-corrected chi connectivity index (χ3v) is 2.16. The lowest BCUT2D eigenvalue weighted by molar-refractivity contribution is -0.384. The molecule has 0 amide bonds. The molecule has 18 heavy (non-hydrogen) atoms. The number of halogens is 1. The second kappa shape index (κ2) is 5.76. The van der Waals surface area contributed by atoms with Gasteiger partial charge in [0.15, 0.2) is 0 Å². The average Bonchev–Trinajstić information content (AvgIpc) is 2.32. The van der Waals surface area contributed by atoms with E-state index in [1.165, 1.54) is 19.3 Å². The highest BCUT2D eigenvalue weighted by molar-refractivity contribution is 5.76. The van der Waals surface area contributed by atoms with Crippen LogP contribution in [0.1, 0.15) is 12.0 Å². The van der Waals surface area contributed by atoms with Gasteiger partial charge in [-0.1, -0.05) is 12.2 Å². The Morgan fingerprint density at radius 1 is 1.61 bits per heavy atom. The zero-order chi connectivity index (χ0) is 13.7. The highest BCUT2D eigenvalue weighted by atomic mass is 19.1. The SMILES string of the molecule is COC(=O)CC=Cc1cc(F)cc([N+](=O)[O-])c1N. The van der Waals surface area contributed by atoms with Crippen molar-refractivity contribution in [3.8, 4) is 0 Å². The van der Waals surface area contributed by atoms with Gasteiger partial charge in [0.25, 0.3) is 5.69 Å². The minimum Gasteiger partial charge on any atom is -0.469 e. The van der Waals surface area contributed by atoms with Gasteiger partial charge < -0.3 is 10.5 Å². The smallest absolute Gasteiger partial charge is 0.309 e. The standard InChI is InChI=1S/C11H11FN2O4/c1-18-10(15)4-2-3-7-5-8(12)6-9(11(7)13)14(16)17/h2-3,5-6H,4,13H2,1H3. The Morgan fingerprint density at radius 3 is 2.83 bits per heavy atom. The van der Waals surface area contributed by atoms with Crippen LogP contribution in [0.5, 0.6) is 0 Å². The monoisotopic (exact) mass is 254 g/mol. The van der Waals surface area contributed by atoms with Crippen molar-refractivity contribution < 1.29 is 18.8 Å². The van der Waals surface area contributed by atoms with Crippen LogP contribution in [-0.4, -0.2) is 18.0 Å². The van der Waals surface area contributed by atoms with E-state index in [-0.39, 0.29) is 17.7 Å². The van der Waals surface area contributed by atoms with Gasteiger partial charge in [0.1, 0.15) is 11.5 Å². The number of rotatable bonds is 4. The van der Waals surface area contributed by atoms with Gasteiger partial charge in [0.2, 0.25) is 0 Å². The summed E-state index contributed by atoms with van der Waals surface area (Å²) in [6.45, 7) is 0. The summed E-state index contributed by atoms with van der Waals surface area (Å²) in [5.74, 6) is -1.25. The van der Waals surface area contributed by atoms with Crippen molar-refractivity contribution in [3.05, 3.63) is 39.7 Å². The van der Waals surface area contributed by atoms with E-state index >= 15 is 0 Å². The first-order chi connectivity index (χ1) is 8.45. The molecule has 0 fully saturated rings. The first-order valence-corrected chi connectivity index (χ1v) is 4.92. The lowest BCUT2D eigenvalue weighted by Crippen LogP contribution is -2.00. The maximum atomic E-state index is 13.1. The van der Waals surface area contributed by atoms with Crippen LogP contribution in [0, 0.1) is 15.9 Å². The number of nitro benzene ring substituents is 1. The Kier molecular flexibility index (Phi) is 4.36. The molecule has 0 aliphatic carbocycles. The van der Waals surface area contributed by atoms with Crippen LogP contribution in [0.25, 0.3) is 6.08 Å². The normalized spacial score (nSPS) is 10.6. The number of benzene rings is 1. The Morgan fingerprint density at radius 2 is 2.28 bits per heavy atom. The zero-order valence-corrected chi connectivity index (χ0v) is 9.55. The highest BCUT2D eigenvalue weighted by Crippen LogP contribution is 2.27. The molecule has 0 aliphatic rings. The number of methoxy groups -OCH3 is 1. The molecule has 0 aromatic heterocycles. The van der Waals surface area contributed by atoms with Crippen LogP contribution in [0.4, 0.5) is 15.8 Å². The summed E-state index contributed by atoms with van der Waals surface area (Å²) in [5, 5.41) is 10.6. The lowest BCUT2D eigenvalue weighted by atomic mass is 10.1. The van der Waals surface area contributed by atoms with Crippen LogP contribution >= 0.6 is 0 Å². The van der Waals surface area contributed by atoms with Crippen molar-refractivity contribution in [1.82, 2.24) is 0 Å². The van der Waals surface area contributed by atoms with Crippen LogP contribution in [0.15, 0.2) is 18.2 Å². The van der Waals surface area contributed by atoms with E-state index in [9.17, 15) is 19.3 Å². The molecular formula is C11H11FN2O4. The summed E-state index contributed by atoms with van der Waals surface area (Å²) in [6.07, 6.45) is 2.70. The molecule has 0 aliphatic heterocycles. The zero-order valence-electron chi connectivity index (χ0n) is 9.55. The van der Waals surface area contributed by atoms with Crippen molar-refractivity contribution in [2.24, 2.45) is 0 Å². The number of nitrogens with zero attached hydrogens (tertiary/aromatic N) is 1. The molecule has 96 valence electrons. The fraction of sp³-hybridized carbons (Fsp3) is 0.182. The third kappa shape index (κ3) is 3.27. The quantitative estimate of drug-likeness (QED) is 0.383. The number of carbonyl (C=O) groups is 1. The molecule has 6 nitrogen and oxygen atoms in total. The van der Waals surface area contributed by atoms with E-state index < -0.39 is 22.4 Å². The van der Waals surface area contributed by atoms with E-state index in [2.05, 4.69) is 4.74 Å². The maximum absolute atomic E-state index is 13.1. The van der Waals surface area contributed by atoms with Crippen LogP contribution in [0.3, 0.4) is 0 Å². The molecule has 1 aromatic carbocycles. The summed E-state index contributed by atoms with van der Waals surface area (Å²) in [4.78, 5) is 20.7. The van der Waals surface area contributed by atoms with Gasteiger partial charge in [0, 0.05) is 5.56 Å². The van der Waals surface area contributed by atoms with Gasteiger partial charge in [-0.2, -0.15) is 0 Å².